The van der Waals surface area contributed by atoms with Gasteiger partial charge in [-0.15, -0.1) is 0 Å². The summed E-state index contributed by atoms with van der Waals surface area (Å²) in [6, 6.07) is 10.9. The highest BCUT2D eigenvalue weighted by atomic mass is 35.5. The Bertz CT molecular complexity index is 866. The van der Waals surface area contributed by atoms with Gasteiger partial charge >= 0.3 is 6.18 Å². The summed E-state index contributed by atoms with van der Waals surface area (Å²) >= 11 is 11.6. The Balaban J connectivity index is 2.17. The van der Waals surface area contributed by atoms with Gasteiger partial charge in [0, 0.05) is 10.0 Å². The van der Waals surface area contributed by atoms with E-state index < -0.39 is 29.3 Å². The van der Waals surface area contributed by atoms with Crippen molar-refractivity contribution in [2.45, 2.75) is 19.0 Å². The number of carbonyl (C=O) groups is 2. The summed E-state index contributed by atoms with van der Waals surface area (Å²) in [5, 5.41) is 0.648. The van der Waals surface area contributed by atoms with Crippen molar-refractivity contribution < 1.29 is 22.8 Å². The summed E-state index contributed by atoms with van der Waals surface area (Å²) in [5.74, 6) is -3.97. The van der Waals surface area contributed by atoms with Crippen molar-refractivity contribution >= 4 is 40.7 Å². The van der Waals surface area contributed by atoms with E-state index in [4.69, 9.17) is 23.2 Å². The molecule has 3 nitrogen and oxygen atoms in total. The molecule has 0 radical (unpaired) electrons. The fourth-order valence-corrected chi connectivity index (χ4v) is 3.33. The first-order valence-electron chi connectivity index (χ1n) is 7.53. The van der Waals surface area contributed by atoms with Crippen molar-refractivity contribution in [3.05, 3.63) is 64.1 Å². The minimum atomic E-state index is -4.93. The second-order valence-electron chi connectivity index (χ2n) is 6.14. The van der Waals surface area contributed by atoms with Gasteiger partial charge in [0.2, 0.25) is 11.8 Å². The molecule has 0 saturated carbocycles. The van der Waals surface area contributed by atoms with Gasteiger partial charge in [-0.3, -0.25) is 9.59 Å². The maximum atomic E-state index is 13.9. The van der Waals surface area contributed by atoms with Crippen LogP contribution in [0.25, 0.3) is 0 Å². The van der Waals surface area contributed by atoms with Gasteiger partial charge in [-0.1, -0.05) is 35.3 Å². The second-order valence-corrected chi connectivity index (χ2v) is 7.01. The maximum Gasteiger partial charge on any atom is 0.404 e. The highest BCUT2D eigenvalue weighted by Crippen LogP contribution is 2.55. The topological polar surface area (TPSA) is 37.4 Å². The molecule has 1 fully saturated rings. The lowest BCUT2D eigenvalue weighted by molar-refractivity contribution is -0.216. The molecule has 1 aliphatic rings. The number of carbonyl (C=O) groups excluding carboxylic acids is 2. The molecule has 1 saturated heterocycles. The van der Waals surface area contributed by atoms with E-state index in [1.165, 1.54) is 48.5 Å². The normalized spacial score (nSPS) is 23.6. The van der Waals surface area contributed by atoms with Crippen LogP contribution in [0.5, 0.6) is 0 Å². The Hall–Kier alpha value is -2.05. The van der Waals surface area contributed by atoms with Crippen LogP contribution in [0, 0.1) is 5.41 Å². The lowest BCUT2D eigenvalue weighted by Crippen LogP contribution is -2.45. The fraction of sp³-hybridized carbons (Fsp3) is 0.222. The van der Waals surface area contributed by atoms with Crippen molar-refractivity contribution in [3.63, 3.8) is 0 Å². The average Bonchev–Trinajstić information content (AvgIpc) is 2.77. The first-order valence-corrected chi connectivity index (χ1v) is 8.29. The van der Waals surface area contributed by atoms with Crippen molar-refractivity contribution in [2.75, 3.05) is 4.90 Å². The SMILES string of the molecule is CC1(C(F)(F)F)C(=O)N(c2ccc(Cl)cc2)C(=O)C1c1ccc(Cl)cc1. The van der Waals surface area contributed by atoms with Crippen molar-refractivity contribution in [1.29, 1.82) is 0 Å². The Kier molecular flexibility index (Phi) is 4.53. The van der Waals surface area contributed by atoms with E-state index >= 15 is 0 Å². The number of benzene rings is 2. The largest absolute Gasteiger partial charge is 0.404 e. The zero-order chi connectivity index (χ0) is 19.3. The predicted octanol–water partition coefficient (Wildman–Crippen LogP) is 5.22. The van der Waals surface area contributed by atoms with Gasteiger partial charge < -0.3 is 0 Å². The van der Waals surface area contributed by atoms with Gasteiger partial charge in [0.05, 0.1) is 11.6 Å². The summed E-state index contributed by atoms with van der Waals surface area (Å²) in [5.41, 5.74) is -2.78. The van der Waals surface area contributed by atoms with E-state index in [1.807, 2.05) is 0 Å². The van der Waals surface area contributed by atoms with Crippen molar-refractivity contribution in [2.24, 2.45) is 5.41 Å². The molecule has 0 spiro atoms. The molecule has 2 unspecified atom stereocenters. The second kappa shape index (κ2) is 6.28. The molecule has 8 heteroatoms. The lowest BCUT2D eigenvalue weighted by Gasteiger charge is -2.29. The number of amides is 2. The smallest absolute Gasteiger partial charge is 0.273 e. The van der Waals surface area contributed by atoms with Gasteiger partial charge in [-0.25, -0.2) is 4.90 Å². The van der Waals surface area contributed by atoms with E-state index in [0.717, 1.165) is 6.92 Å². The first-order chi connectivity index (χ1) is 12.1. The minimum Gasteiger partial charge on any atom is -0.273 e. The van der Waals surface area contributed by atoms with E-state index in [9.17, 15) is 22.8 Å². The fourth-order valence-electron chi connectivity index (χ4n) is 3.08. The molecule has 1 heterocycles. The van der Waals surface area contributed by atoms with E-state index in [-0.39, 0.29) is 11.3 Å². The molecular weight excluding hydrogens is 390 g/mol. The molecule has 0 aliphatic carbocycles. The molecule has 2 aromatic rings. The highest BCUT2D eigenvalue weighted by Gasteiger charge is 2.70. The molecule has 0 N–H and O–H groups in total. The van der Waals surface area contributed by atoms with E-state index in [1.54, 1.807) is 0 Å². The number of nitrogens with zero attached hydrogens (tertiary/aromatic N) is 1. The molecule has 26 heavy (non-hydrogen) atoms. The van der Waals surface area contributed by atoms with Crippen LogP contribution in [-0.4, -0.2) is 18.0 Å². The number of hydrogen-bond acceptors (Lipinski definition) is 2. The molecule has 2 atom stereocenters. The number of alkyl halides is 3. The van der Waals surface area contributed by atoms with Gasteiger partial charge in [0.25, 0.3) is 0 Å². The van der Waals surface area contributed by atoms with Crippen LogP contribution in [0.4, 0.5) is 18.9 Å². The number of halogens is 5. The number of anilines is 1. The van der Waals surface area contributed by atoms with Crippen LogP contribution < -0.4 is 4.90 Å². The standard InChI is InChI=1S/C18H12Cl2F3NO2/c1-17(18(21,22)23)14(10-2-4-11(19)5-3-10)15(25)24(16(17)26)13-8-6-12(20)7-9-13/h2-9,14H,1H3. The number of rotatable bonds is 2. The maximum absolute atomic E-state index is 13.9. The molecule has 2 amide bonds. The Labute approximate surface area is 157 Å². The summed E-state index contributed by atoms with van der Waals surface area (Å²) in [6.45, 7) is 0.752. The summed E-state index contributed by atoms with van der Waals surface area (Å²) in [4.78, 5) is 26.2. The average molecular weight is 402 g/mol. The number of imide groups is 1. The molecule has 0 bridgehead atoms. The zero-order valence-electron chi connectivity index (χ0n) is 13.3. The Morgan fingerprint density at radius 1 is 0.923 bits per heavy atom. The van der Waals surface area contributed by atoms with Crippen LogP contribution in [-0.2, 0) is 9.59 Å². The molecular formula is C18H12Cl2F3NO2. The minimum absolute atomic E-state index is 0.0383. The van der Waals surface area contributed by atoms with Crippen LogP contribution in [0.15, 0.2) is 48.5 Å². The highest BCUT2D eigenvalue weighted by molar-refractivity contribution is 6.31. The van der Waals surface area contributed by atoms with Crippen LogP contribution in [0.3, 0.4) is 0 Å². The first kappa shape index (κ1) is 18.7. The Morgan fingerprint density at radius 3 is 1.85 bits per heavy atom. The summed E-state index contributed by atoms with van der Waals surface area (Å²) in [7, 11) is 0. The third-order valence-electron chi connectivity index (χ3n) is 4.57. The van der Waals surface area contributed by atoms with Crippen LogP contribution >= 0.6 is 23.2 Å². The van der Waals surface area contributed by atoms with Gasteiger partial charge in [-0.05, 0) is 48.9 Å². The third kappa shape index (κ3) is 2.77. The molecule has 2 aromatic carbocycles. The van der Waals surface area contributed by atoms with Gasteiger partial charge in [0.1, 0.15) is 0 Å². The molecule has 1 aliphatic heterocycles. The molecule has 136 valence electrons. The number of hydrogen-bond donors (Lipinski definition) is 0. The van der Waals surface area contributed by atoms with E-state index in [2.05, 4.69) is 0 Å². The van der Waals surface area contributed by atoms with Crippen molar-refractivity contribution in [3.8, 4) is 0 Å². The molecule has 0 aromatic heterocycles. The van der Waals surface area contributed by atoms with Gasteiger partial charge in [-0.2, -0.15) is 13.2 Å². The molecule has 3 rings (SSSR count). The summed E-state index contributed by atoms with van der Waals surface area (Å²) in [6.07, 6.45) is -4.93. The zero-order valence-corrected chi connectivity index (χ0v) is 14.9. The monoisotopic (exact) mass is 401 g/mol. The lowest BCUT2D eigenvalue weighted by atomic mass is 9.74. The third-order valence-corrected chi connectivity index (χ3v) is 5.07. The van der Waals surface area contributed by atoms with Crippen LogP contribution in [0.1, 0.15) is 18.4 Å². The summed E-state index contributed by atoms with van der Waals surface area (Å²) < 4.78 is 41.7. The van der Waals surface area contributed by atoms with Crippen molar-refractivity contribution in [1.82, 2.24) is 0 Å². The van der Waals surface area contributed by atoms with E-state index in [0.29, 0.717) is 14.9 Å². The predicted molar refractivity (Wildman–Crippen MR) is 92.3 cm³/mol. The van der Waals surface area contributed by atoms with Gasteiger partial charge in [0.15, 0.2) is 5.41 Å². The Morgan fingerprint density at radius 2 is 1.38 bits per heavy atom. The van der Waals surface area contributed by atoms with Crippen LogP contribution in [0.2, 0.25) is 10.0 Å². The quantitative estimate of drug-likeness (QED) is 0.646.